The first-order chi connectivity index (χ1) is 15.5. The first-order valence-electron chi connectivity index (χ1n) is 10.3. The van der Waals surface area contributed by atoms with Crippen LogP contribution in [0, 0.1) is 0 Å². The number of nitrogens with zero attached hydrogens (tertiary/aromatic N) is 2. The molecule has 0 bridgehead atoms. The van der Waals surface area contributed by atoms with E-state index >= 15 is 0 Å². The van der Waals surface area contributed by atoms with Gasteiger partial charge in [0.1, 0.15) is 0 Å². The van der Waals surface area contributed by atoms with Gasteiger partial charge in [0.2, 0.25) is 0 Å². The fraction of sp³-hybridized carbons (Fsp3) is 0.160. The summed E-state index contributed by atoms with van der Waals surface area (Å²) in [5, 5.41) is 2.44. The van der Waals surface area contributed by atoms with Gasteiger partial charge in [-0.05, 0) is 78.1 Å². The van der Waals surface area contributed by atoms with E-state index in [0.717, 1.165) is 52.8 Å². The molecule has 0 amide bonds. The lowest BCUT2D eigenvalue weighted by Crippen LogP contribution is -2.16. The summed E-state index contributed by atoms with van der Waals surface area (Å²) in [6.07, 6.45) is 6.77. The predicted molar refractivity (Wildman–Crippen MR) is 135 cm³/mol. The number of benzene rings is 2. The lowest BCUT2D eigenvalue weighted by Gasteiger charge is -2.23. The van der Waals surface area contributed by atoms with Crippen molar-refractivity contribution in [2.24, 2.45) is 0 Å². The zero-order valence-electron chi connectivity index (χ0n) is 17.3. The van der Waals surface area contributed by atoms with Gasteiger partial charge in [-0.15, -0.1) is 0 Å². The molecule has 4 nitrogen and oxygen atoms in total. The van der Waals surface area contributed by atoms with Gasteiger partial charge in [0.05, 0.1) is 11.1 Å². The monoisotopic (exact) mass is 479 g/mol. The van der Waals surface area contributed by atoms with E-state index in [-0.39, 0.29) is 5.56 Å². The van der Waals surface area contributed by atoms with E-state index in [1.165, 1.54) is 11.8 Å². The number of aromatic nitrogens is 3. The predicted octanol–water partition coefficient (Wildman–Crippen LogP) is 6.89. The number of halogens is 2. The summed E-state index contributed by atoms with van der Waals surface area (Å²) in [6.45, 7) is 0. The Morgan fingerprint density at radius 1 is 0.969 bits per heavy atom. The van der Waals surface area contributed by atoms with Crippen LogP contribution in [0.15, 0.2) is 58.5 Å². The first-order valence-corrected chi connectivity index (χ1v) is 12.2. The number of nitrogens with one attached hydrogen (secondary N) is 1. The van der Waals surface area contributed by atoms with Crippen LogP contribution in [0.1, 0.15) is 29.7 Å². The molecule has 4 aromatic rings. The smallest absolute Gasteiger partial charge is 0.261 e. The molecule has 0 radical (unpaired) electrons. The van der Waals surface area contributed by atoms with E-state index in [1.54, 1.807) is 0 Å². The van der Waals surface area contributed by atoms with Crippen LogP contribution in [0.5, 0.6) is 0 Å². The molecule has 0 fully saturated rings. The van der Waals surface area contributed by atoms with Crippen LogP contribution in [0.2, 0.25) is 10.0 Å². The van der Waals surface area contributed by atoms with Gasteiger partial charge in [-0.2, -0.15) is 0 Å². The maximum absolute atomic E-state index is 13.1. The summed E-state index contributed by atoms with van der Waals surface area (Å²) in [4.78, 5) is 25.6. The van der Waals surface area contributed by atoms with E-state index in [4.69, 9.17) is 28.2 Å². The molecular weight excluding hydrogens is 461 g/mol. The number of H-pyrrole nitrogens is 1. The van der Waals surface area contributed by atoms with Crippen LogP contribution in [-0.2, 0) is 6.42 Å². The molecule has 160 valence electrons. The molecule has 2 aromatic heterocycles. The Bertz CT molecular complexity index is 1410. The molecule has 0 saturated carbocycles. The van der Waals surface area contributed by atoms with Crippen LogP contribution in [0.4, 0.5) is 0 Å². The first kappa shape index (κ1) is 21.3. The zero-order valence-corrected chi connectivity index (χ0v) is 19.6. The Hall–Kier alpha value is -2.60. The SMILES string of the molecule is CSc1nc2nc3c(c(-c4ccc(Cl)cc4)c2c(=O)[nH]1)CCC/C3=C/c1ccc(Cl)cc1. The molecule has 2 heterocycles. The minimum Gasteiger partial charge on any atom is -0.301 e. The van der Waals surface area contributed by atoms with Gasteiger partial charge < -0.3 is 4.98 Å². The summed E-state index contributed by atoms with van der Waals surface area (Å²) >= 11 is 13.6. The maximum atomic E-state index is 13.1. The number of allylic oxidation sites excluding steroid dienone is 1. The van der Waals surface area contributed by atoms with E-state index in [9.17, 15) is 4.79 Å². The summed E-state index contributed by atoms with van der Waals surface area (Å²) in [6, 6.07) is 15.4. The highest BCUT2D eigenvalue weighted by atomic mass is 35.5. The number of rotatable bonds is 3. The number of aromatic amines is 1. The van der Waals surface area contributed by atoms with Crippen molar-refractivity contribution < 1.29 is 0 Å². The minimum atomic E-state index is -0.173. The third-order valence-corrected chi connectivity index (χ3v) is 6.73. The van der Waals surface area contributed by atoms with Gasteiger partial charge in [0.15, 0.2) is 10.8 Å². The van der Waals surface area contributed by atoms with Crippen LogP contribution >= 0.6 is 35.0 Å². The molecule has 1 aliphatic rings. The number of thioether (sulfide) groups is 1. The van der Waals surface area contributed by atoms with Crippen molar-refractivity contribution in [1.29, 1.82) is 0 Å². The highest BCUT2D eigenvalue weighted by molar-refractivity contribution is 7.98. The van der Waals surface area contributed by atoms with E-state index < -0.39 is 0 Å². The second-order valence-corrected chi connectivity index (χ2v) is 9.34. The zero-order chi connectivity index (χ0) is 22.2. The molecule has 7 heteroatoms. The Balaban J connectivity index is 1.82. The molecule has 0 saturated heterocycles. The van der Waals surface area contributed by atoms with Gasteiger partial charge in [0, 0.05) is 15.6 Å². The molecule has 32 heavy (non-hydrogen) atoms. The largest absolute Gasteiger partial charge is 0.301 e. The van der Waals surface area contributed by atoms with Crippen molar-refractivity contribution in [1.82, 2.24) is 15.0 Å². The van der Waals surface area contributed by atoms with Crippen LogP contribution in [-0.4, -0.2) is 21.2 Å². The Labute approximate surface area is 199 Å². The van der Waals surface area contributed by atoms with Crippen molar-refractivity contribution in [3.05, 3.63) is 85.8 Å². The van der Waals surface area contributed by atoms with Gasteiger partial charge in [0.25, 0.3) is 5.56 Å². The van der Waals surface area contributed by atoms with Crippen molar-refractivity contribution in [2.75, 3.05) is 6.26 Å². The van der Waals surface area contributed by atoms with E-state index in [1.807, 2.05) is 54.8 Å². The molecule has 0 atom stereocenters. The summed E-state index contributed by atoms with van der Waals surface area (Å²) in [5.41, 5.74) is 6.32. The van der Waals surface area contributed by atoms with Crippen LogP contribution in [0.3, 0.4) is 0 Å². The minimum absolute atomic E-state index is 0.173. The Kier molecular flexibility index (Phi) is 5.80. The lowest BCUT2D eigenvalue weighted by molar-refractivity contribution is 0.813. The Morgan fingerprint density at radius 3 is 2.34 bits per heavy atom. The number of hydrogen-bond acceptors (Lipinski definition) is 4. The molecule has 1 aliphatic carbocycles. The van der Waals surface area contributed by atoms with Crippen molar-refractivity contribution >= 4 is 57.6 Å². The standard InChI is InChI=1S/C25H19Cl2N3OS/c1-32-25-29-23-21(24(31)30-25)20(15-7-11-18(27)12-8-15)19-4-2-3-16(22(19)28-23)13-14-5-9-17(26)10-6-14/h5-13H,2-4H2,1H3,(H,28,29,30,31)/b16-13-. The highest BCUT2D eigenvalue weighted by Gasteiger charge is 2.25. The summed E-state index contributed by atoms with van der Waals surface area (Å²) in [5.74, 6) is 0. The van der Waals surface area contributed by atoms with E-state index in [0.29, 0.717) is 26.2 Å². The topological polar surface area (TPSA) is 58.6 Å². The molecular formula is C25H19Cl2N3OS. The third-order valence-electron chi connectivity index (χ3n) is 5.65. The number of fused-ring (bicyclic) bond motifs is 2. The van der Waals surface area contributed by atoms with Gasteiger partial charge >= 0.3 is 0 Å². The maximum Gasteiger partial charge on any atom is 0.261 e. The quantitative estimate of drug-likeness (QED) is 0.256. The van der Waals surface area contributed by atoms with Gasteiger partial charge in [-0.25, -0.2) is 9.97 Å². The van der Waals surface area contributed by atoms with Crippen molar-refractivity contribution in [3.8, 4) is 11.1 Å². The molecule has 0 unspecified atom stereocenters. The second-order valence-electron chi connectivity index (χ2n) is 7.67. The van der Waals surface area contributed by atoms with Crippen LogP contribution in [0.25, 0.3) is 33.8 Å². The lowest BCUT2D eigenvalue weighted by atomic mass is 9.84. The molecule has 2 aromatic carbocycles. The number of hydrogen-bond donors (Lipinski definition) is 1. The van der Waals surface area contributed by atoms with Gasteiger partial charge in [-0.3, -0.25) is 4.79 Å². The van der Waals surface area contributed by atoms with Crippen molar-refractivity contribution in [2.45, 2.75) is 24.4 Å². The second kappa shape index (κ2) is 8.74. The van der Waals surface area contributed by atoms with E-state index in [2.05, 4.69) is 16.0 Å². The summed E-state index contributed by atoms with van der Waals surface area (Å²) < 4.78 is 0. The Morgan fingerprint density at radius 2 is 1.66 bits per heavy atom. The molecule has 0 aliphatic heterocycles. The molecule has 1 N–H and O–H groups in total. The van der Waals surface area contributed by atoms with Crippen molar-refractivity contribution in [3.63, 3.8) is 0 Å². The third kappa shape index (κ3) is 3.96. The normalized spacial score (nSPS) is 14.7. The van der Waals surface area contributed by atoms with Gasteiger partial charge in [-0.1, -0.05) is 59.2 Å². The van der Waals surface area contributed by atoms with Crippen LogP contribution < -0.4 is 5.56 Å². The average molecular weight is 480 g/mol. The fourth-order valence-electron chi connectivity index (χ4n) is 4.21. The fourth-order valence-corrected chi connectivity index (χ4v) is 4.83. The molecule has 0 spiro atoms. The summed E-state index contributed by atoms with van der Waals surface area (Å²) in [7, 11) is 0. The highest BCUT2D eigenvalue weighted by Crippen LogP contribution is 2.40. The number of pyridine rings is 1. The molecule has 5 rings (SSSR count). The average Bonchev–Trinajstić information content (AvgIpc) is 2.80.